The quantitative estimate of drug-likeness (QED) is 0.773. The number of benzene rings is 2. The molecule has 0 aromatic heterocycles. The largest absolute Gasteiger partial charge is 0.466 e. The number of nitrogens with one attached hydrogen (secondary N) is 1. The summed E-state index contributed by atoms with van der Waals surface area (Å²) in [6.07, 6.45) is 0. The van der Waals surface area contributed by atoms with E-state index in [4.69, 9.17) is 14.2 Å². The van der Waals surface area contributed by atoms with Crippen LogP contribution in [0, 0.1) is 0 Å². The number of rotatable bonds is 5. The third-order valence-electron chi connectivity index (χ3n) is 4.74. The van der Waals surface area contributed by atoms with Crippen LogP contribution in [0.5, 0.6) is 11.5 Å². The van der Waals surface area contributed by atoms with Crippen molar-refractivity contribution in [2.24, 2.45) is 0 Å². The van der Waals surface area contributed by atoms with Crippen LogP contribution in [0.4, 0.5) is 0 Å². The lowest BCUT2D eigenvalue weighted by Crippen LogP contribution is -2.32. The van der Waals surface area contributed by atoms with Crippen LogP contribution in [-0.2, 0) is 19.1 Å². The fourth-order valence-corrected chi connectivity index (χ4v) is 3.47. The molecule has 0 amide bonds. The molecule has 0 atom stereocenters. The number of para-hydroxylation sites is 1. The van der Waals surface area contributed by atoms with Crippen LogP contribution in [0.1, 0.15) is 25.3 Å². The molecule has 0 radical (unpaired) electrons. The highest BCUT2D eigenvalue weighted by atomic mass is 16.5. The smallest absolute Gasteiger partial charge is 0.336 e. The molecule has 150 valence electrons. The molecule has 6 nitrogen and oxygen atoms in total. The minimum absolute atomic E-state index is 0.357. The lowest BCUT2D eigenvalue weighted by molar-refractivity contribution is -0.137. The van der Waals surface area contributed by atoms with Crippen molar-refractivity contribution < 1.29 is 23.8 Å². The van der Waals surface area contributed by atoms with Gasteiger partial charge in [0, 0.05) is 11.4 Å². The highest BCUT2D eigenvalue weighted by Crippen LogP contribution is 2.40. The summed E-state index contributed by atoms with van der Waals surface area (Å²) < 4.78 is 15.9. The molecule has 1 heterocycles. The SMILES string of the molecule is COC(=O)C1=C(C)NC(C)=C(C(=O)OC)C1c1cccc(Oc2ccccc2)c1. The Kier molecular flexibility index (Phi) is 6.02. The van der Waals surface area contributed by atoms with Crippen LogP contribution >= 0.6 is 0 Å². The lowest BCUT2D eigenvalue weighted by atomic mass is 9.80. The Morgan fingerprint density at radius 2 is 1.34 bits per heavy atom. The van der Waals surface area contributed by atoms with Gasteiger partial charge in [0.25, 0.3) is 0 Å². The zero-order chi connectivity index (χ0) is 21.0. The number of hydrogen-bond acceptors (Lipinski definition) is 6. The van der Waals surface area contributed by atoms with E-state index in [1.807, 2.05) is 54.6 Å². The van der Waals surface area contributed by atoms with Crippen molar-refractivity contribution in [2.75, 3.05) is 14.2 Å². The van der Waals surface area contributed by atoms with Crippen LogP contribution in [0.25, 0.3) is 0 Å². The second-order valence-electron chi connectivity index (χ2n) is 6.61. The molecule has 2 aromatic carbocycles. The maximum absolute atomic E-state index is 12.6. The Hall–Kier alpha value is -3.54. The van der Waals surface area contributed by atoms with Crippen molar-refractivity contribution in [3.63, 3.8) is 0 Å². The van der Waals surface area contributed by atoms with Crippen LogP contribution in [0.3, 0.4) is 0 Å². The van der Waals surface area contributed by atoms with E-state index in [2.05, 4.69) is 5.32 Å². The van der Waals surface area contributed by atoms with Crippen molar-refractivity contribution in [1.29, 1.82) is 0 Å². The van der Waals surface area contributed by atoms with Gasteiger partial charge >= 0.3 is 11.9 Å². The number of dihydropyridines is 1. The van der Waals surface area contributed by atoms with E-state index in [0.717, 1.165) is 5.56 Å². The molecular formula is C23H23NO5. The summed E-state index contributed by atoms with van der Waals surface area (Å²) in [6, 6.07) is 16.7. The molecule has 1 aliphatic heterocycles. The Morgan fingerprint density at radius 1 is 0.793 bits per heavy atom. The van der Waals surface area contributed by atoms with Crippen molar-refractivity contribution in [3.8, 4) is 11.5 Å². The summed E-state index contributed by atoms with van der Waals surface area (Å²) in [4.78, 5) is 25.1. The average molecular weight is 393 g/mol. The molecule has 1 aliphatic rings. The first-order valence-electron chi connectivity index (χ1n) is 9.14. The van der Waals surface area contributed by atoms with Gasteiger partial charge in [-0.15, -0.1) is 0 Å². The number of methoxy groups -OCH3 is 2. The first kappa shape index (κ1) is 20.2. The molecule has 0 spiro atoms. The van der Waals surface area contributed by atoms with E-state index < -0.39 is 17.9 Å². The molecule has 0 saturated carbocycles. The molecule has 2 aromatic rings. The minimum Gasteiger partial charge on any atom is -0.466 e. The van der Waals surface area contributed by atoms with E-state index in [0.29, 0.717) is 34.0 Å². The van der Waals surface area contributed by atoms with Gasteiger partial charge in [-0.2, -0.15) is 0 Å². The number of esters is 2. The summed E-state index contributed by atoms with van der Waals surface area (Å²) in [7, 11) is 2.63. The average Bonchev–Trinajstić information content (AvgIpc) is 2.73. The normalized spacial score (nSPS) is 14.3. The highest BCUT2D eigenvalue weighted by Gasteiger charge is 2.37. The molecule has 0 bridgehead atoms. The number of hydrogen-bond donors (Lipinski definition) is 1. The Labute approximate surface area is 169 Å². The van der Waals surface area contributed by atoms with Crippen molar-refractivity contribution in [3.05, 3.63) is 82.7 Å². The Bertz CT molecular complexity index is 953. The first-order valence-corrected chi connectivity index (χ1v) is 9.14. The Balaban J connectivity index is 2.10. The molecule has 0 fully saturated rings. The van der Waals surface area contributed by atoms with E-state index in [-0.39, 0.29) is 0 Å². The van der Waals surface area contributed by atoms with E-state index in [9.17, 15) is 9.59 Å². The number of carbonyl (C=O) groups is 2. The van der Waals surface area contributed by atoms with Crippen LogP contribution in [-0.4, -0.2) is 26.2 Å². The number of carbonyl (C=O) groups excluding carboxylic acids is 2. The topological polar surface area (TPSA) is 73.9 Å². The molecule has 0 unspecified atom stereocenters. The fourth-order valence-electron chi connectivity index (χ4n) is 3.47. The summed E-state index contributed by atoms with van der Waals surface area (Å²) in [5.41, 5.74) is 2.69. The van der Waals surface area contributed by atoms with Crippen molar-refractivity contribution in [2.45, 2.75) is 19.8 Å². The Morgan fingerprint density at radius 3 is 1.90 bits per heavy atom. The highest BCUT2D eigenvalue weighted by molar-refractivity contribution is 5.99. The van der Waals surface area contributed by atoms with Crippen LogP contribution < -0.4 is 10.1 Å². The van der Waals surface area contributed by atoms with E-state index >= 15 is 0 Å². The van der Waals surface area contributed by atoms with Crippen molar-refractivity contribution >= 4 is 11.9 Å². The molecule has 0 saturated heterocycles. The van der Waals surface area contributed by atoms with Crippen LogP contribution in [0.2, 0.25) is 0 Å². The van der Waals surface area contributed by atoms with Gasteiger partial charge in [-0.3, -0.25) is 0 Å². The monoisotopic (exact) mass is 393 g/mol. The summed E-state index contributed by atoms with van der Waals surface area (Å²) >= 11 is 0. The van der Waals surface area contributed by atoms with Gasteiger partial charge in [0.1, 0.15) is 11.5 Å². The summed E-state index contributed by atoms with van der Waals surface area (Å²) in [5, 5.41) is 3.09. The molecular weight excluding hydrogens is 370 g/mol. The van der Waals surface area contributed by atoms with Crippen LogP contribution in [0.15, 0.2) is 77.1 Å². The number of allylic oxidation sites excluding steroid dienone is 2. The van der Waals surface area contributed by atoms with Crippen molar-refractivity contribution in [1.82, 2.24) is 5.32 Å². The number of ether oxygens (including phenoxy) is 3. The van der Waals surface area contributed by atoms with Gasteiger partial charge in [-0.1, -0.05) is 30.3 Å². The fraction of sp³-hybridized carbons (Fsp3) is 0.217. The lowest BCUT2D eigenvalue weighted by Gasteiger charge is -2.30. The second-order valence-corrected chi connectivity index (χ2v) is 6.61. The second kappa shape index (κ2) is 8.65. The molecule has 29 heavy (non-hydrogen) atoms. The predicted octanol–water partition coefficient (Wildman–Crippen LogP) is 4.06. The maximum atomic E-state index is 12.6. The van der Waals surface area contributed by atoms with Gasteiger partial charge in [0.05, 0.1) is 31.3 Å². The van der Waals surface area contributed by atoms with Gasteiger partial charge in [0.2, 0.25) is 0 Å². The standard InChI is InChI=1S/C23H23NO5/c1-14-19(22(25)27-3)21(20(15(2)24-14)23(26)28-4)16-9-8-12-18(13-16)29-17-10-6-5-7-11-17/h5-13,21,24H,1-4H3. The molecule has 6 heteroatoms. The maximum Gasteiger partial charge on any atom is 0.336 e. The summed E-state index contributed by atoms with van der Waals surface area (Å²) in [6.45, 7) is 3.56. The first-order chi connectivity index (χ1) is 14.0. The van der Waals surface area contributed by atoms with Gasteiger partial charge in [0.15, 0.2) is 0 Å². The van der Waals surface area contributed by atoms with E-state index in [1.54, 1.807) is 13.8 Å². The predicted molar refractivity (Wildman–Crippen MR) is 108 cm³/mol. The van der Waals surface area contributed by atoms with Gasteiger partial charge in [-0.25, -0.2) is 9.59 Å². The van der Waals surface area contributed by atoms with Gasteiger partial charge in [-0.05, 0) is 43.7 Å². The minimum atomic E-state index is -0.643. The molecule has 1 N–H and O–H groups in total. The third kappa shape index (κ3) is 4.16. The molecule has 3 rings (SSSR count). The zero-order valence-corrected chi connectivity index (χ0v) is 16.8. The van der Waals surface area contributed by atoms with E-state index in [1.165, 1.54) is 14.2 Å². The summed E-state index contributed by atoms with van der Waals surface area (Å²) in [5.74, 6) is -0.382. The third-order valence-corrected chi connectivity index (χ3v) is 4.74. The molecule has 0 aliphatic carbocycles. The zero-order valence-electron chi connectivity index (χ0n) is 16.8. The van der Waals surface area contributed by atoms with Gasteiger partial charge < -0.3 is 19.5 Å².